The van der Waals surface area contributed by atoms with Gasteiger partial charge in [0.1, 0.15) is 6.04 Å². The Balaban J connectivity index is 2.48. The minimum absolute atomic E-state index is 0.00110. The second-order valence-electron chi connectivity index (χ2n) is 5.26. The highest BCUT2D eigenvalue weighted by molar-refractivity contribution is 8.00. The summed E-state index contributed by atoms with van der Waals surface area (Å²) in [7, 11) is 0. The molecule has 8 heteroatoms. The maximum Gasteiger partial charge on any atom is 0.326 e. The molecule has 1 aliphatic carbocycles. The number of thioether (sulfide) groups is 1. The molecule has 1 aliphatic rings. The molecule has 0 saturated heterocycles. The third-order valence-electron chi connectivity index (χ3n) is 3.75. The van der Waals surface area contributed by atoms with E-state index in [9.17, 15) is 14.4 Å². The Morgan fingerprint density at radius 3 is 2.29 bits per heavy atom. The molecule has 2 amide bonds. The van der Waals surface area contributed by atoms with Gasteiger partial charge in [0.25, 0.3) is 0 Å². The fraction of sp³-hybridized carbons (Fsp3) is 0.769. The first-order chi connectivity index (χ1) is 9.88. The topological polar surface area (TPSA) is 116 Å². The molecular formula is C13H22N2O5S. The predicted molar refractivity (Wildman–Crippen MR) is 79.5 cm³/mol. The van der Waals surface area contributed by atoms with Crippen molar-refractivity contribution in [2.24, 2.45) is 0 Å². The van der Waals surface area contributed by atoms with E-state index in [2.05, 4.69) is 10.6 Å². The number of hydrogen-bond acceptors (Lipinski definition) is 4. The molecule has 0 spiro atoms. The molecule has 0 unspecified atom stereocenters. The summed E-state index contributed by atoms with van der Waals surface area (Å²) < 4.78 is 0.00110. The van der Waals surface area contributed by atoms with Crippen molar-refractivity contribution in [2.45, 2.75) is 49.3 Å². The van der Waals surface area contributed by atoms with Gasteiger partial charge in [0.2, 0.25) is 0 Å². The zero-order valence-electron chi connectivity index (χ0n) is 12.1. The molecule has 7 nitrogen and oxygen atoms in total. The second kappa shape index (κ2) is 8.11. The maximum atomic E-state index is 11.8. The number of carboxylic acids is 2. The molecule has 120 valence electrons. The highest BCUT2D eigenvalue weighted by atomic mass is 32.2. The fourth-order valence-corrected chi connectivity index (χ4v) is 3.39. The Labute approximate surface area is 127 Å². The Morgan fingerprint density at radius 2 is 1.81 bits per heavy atom. The van der Waals surface area contributed by atoms with E-state index < -0.39 is 30.4 Å². The average Bonchev–Trinajstić information content (AvgIpc) is 2.45. The second-order valence-corrected chi connectivity index (χ2v) is 6.54. The Kier molecular flexibility index (Phi) is 6.80. The summed E-state index contributed by atoms with van der Waals surface area (Å²) in [5.74, 6) is -2.62. The summed E-state index contributed by atoms with van der Waals surface area (Å²) in [6, 6.07) is -2.05. The molecule has 0 heterocycles. The molecule has 1 atom stereocenters. The summed E-state index contributed by atoms with van der Waals surface area (Å²) in [6.45, 7) is 0.458. The first-order valence-electron chi connectivity index (χ1n) is 6.93. The van der Waals surface area contributed by atoms with E-state index >= 15 is 0 Å². The van der Waals surface area contributed by atoms with E-state index in [4.69, 9.17) is 10.2 Å². The van der Waals surface area contributed by atoms with E-state index in [1.54, 1.807) is 11.8 Å². The normalized spacial score (nSPS) is 18.5. The molecule has 1 fully saturated rings. The van der Waals surface area contributed by atoms with Gasteiger partial charge in [-0.05, 0) is 19.1 Å². The van der Waals surface area contributed by atoms with Gasteiger partial charge in [0.15, 0.2) is 0 Å². The van der Waals surface area contributed by atoms with Gasteiger partial charge >= 0.3 is 18.0 Å². The SMILES string of the molecule is CSC1(CNC(=O)N[C@H](CC(=O)O)C(=O)O)CCCCC1. The van der Waals surface area contributed by atoms with Crippen LogP contribution < -0.4 is 10.6 Å². The molecule has 0 bridgehead atoms. The summed E-state index contributed by atoms with van der Waals surface area (Å²) in [5.41, 5.74) is 0. The van der Waals surface area contributed by atoms with Crippen molar-refractivity contribution in [3.8, 4) is 0 Å². The van der Waals surface area contributed by atoms with Gasteiger partial charge in [0, 0.05) is 11.3 Å². The van der Waals surface area contributed by atoms with Crippen LogP contribution in [-0.2, 0) is 9.59 Å². The van der Waals surface area contributed by atoms with Crippen LogP contribution in [0, 0.1) is 0 Å². The third kappa shape index (κ3) is 5.82. The summed E-state index contributed by atoms with van der Waals surface area (Å²) in [5, 5.41) is 22.4. The van der Waals surface area contributed by atoms with E-state index in [1.165, 1.54) is 6.42 Å². The molecule has 4 N–H and O–H groups in total. The van der Waals surface area contributed by atoms with Crippen molar-refractivity contribution < 1.29 is 24.6 Å². The van der Waals surface area contributed by atoms with E-state index in [0.717, 1.165) is 25.7 Å². The highest BCUT2D eigenvalue weighted by Crippen LogP contribution is 2.37. The Hall–Kier alpha value is -1.44. The van der Waals surface area contributed by atoms with E-state index in [-0.39, 0.29) is 4.75 Å². The molecular weight excluding hydrogens is 296 g/mol. The van der Waals surface area contributed by atoms with Crippen LogP contribution in [0.5, 0.6) is 0 Å². The average molecular weight is 318 g/mol. The molecule has 0 aromatic rings. The van der Waals surface area contributed by atoms with E-state index in [1.807, 2.05) is 6.26 Å². The largest absolute Gasteiger partial charge is 0.481 e. The van der Waals surface area contributed by atoms with Gasteiger partial charge in [-0.2, -0.15) is 11.8 Å². The number of aliphatic carboxylic acids is 2. The van der Waals surface area contributed by atoms with Gasteiger partial charge in [-0.25, -0.2) is 9.59 Å². The van der Waals surface area contributed by atoms with E-state index in [0.29, 0.717) is 6.54 Å². The lowest BCUT2D eigenvalue weighted by molar-refractivity contribution is -0.145. The van der Waals surface area contributed by atoms with Crippen molar-refractivity contribution in [1.29, 1.82) is 0 Å². The summed E-state index contributed by atoms with van der Waals surface area (Å²) in [6.07, 6.45) is 6.86. The monoisotopic (exact) mass is 318 g/mol. The molecule has 21 heavy (non-hydrogen) atoms. The Morgan fingerprint density at radius 1 is 1.19 bits per heavy atom. The van der Waals surface area contributed by atoms with Gasteiger partial charge in [-0.1, -0.05) is 19.3 Å². The number of carboxylic acid groups (broad SMARTS) is 2. The molecule has 0 aromatic heterocycles. The number of carbonyl (C=O) groups is 3. The number of urea groups is 1. The number of rotatable bonds is 7. The first-order valence-corrected chi connectivity index (χ1v) is 8.15. The van der Waals surface area contributed by atoms with Crippen LogP contribution in [0.4, 0.5) is 4.79 Å². The Bertz CT molecular complexity index is 396. The van der Waals surface area contributed by atoms with Crippen molar-refractivity contribution in [2.75, 3.05) is 12.8 Å². The van der Waals surface area contributed by atoms with Crippen LogP contribution in [0.1, 0.15) is 38.5 Å². The van der Waals surface area contributed by atoms with Crippen molar-refractivity contribution >= 4 is 29.7 Å². The minimum atomic E-state index is -1.42. The number of carbonyl (C=O) groups excluding carboxylic acids is 1. The van der Waals surface area contributed by atoms with Crippen LogP contribution in [0.25, 0.3) is 0 Å². The lowest BCUT2D eigenvalue weighted by Gasteiger charge is -2.35. The lowest BCUT2D eigenvalue weighted by Crippen LogP contribution is -2.50. The van der Waals surface area contributed by atoms with Crippen molar-refractivity contribution in [1.82, 2.24) is 10.6 Å². The zero-order chi connectivity index (χ0) is 15.9. The fourth-order valence-electron chi connectivity index (χ4n) is 2.47. The van der Waals surface area contributed by atoms with Crippen molar-refractivity contribution in [3.63, 3.8) is 0 Å². The molecule has 1 rings (SSSR count). The highest BCUT2D eigenvalue weighted by Gasteiger charge is 2.32. The molecule has 0 radical (unpaired) electrons. The van der Waals surface area contributed by atoms with Crippen molar-refractivity contribution in [3.05, 3.63) is 0 Å². The first kappa shape index (κ1) is 17.6. The molecule has 0 aliphatic heterocycles. The van der Waals surface area contributed by atoms with Crippen LogP contribution in [0.2, 0.25) is 0 Å². The standard InChI is InChI=1S/C13H22N2O5S/c1-21-13(5-3-2-4-6-13)8-14-12(20)15-9(11(18)19)7-10(16)17/h9H,2-8H2,1H3,(H,16,17)(H,18,19)(H2,14,15,20)/t9-/m1/s1. The van der Waals surface area contributed by atoms with Crippen LogP contribution in [0.3, 0.4) is 0 Å². The van der Waals surface area contributed by atoms with Crippen LogP contribution in [-0.4, -0.2) is 51.8 Å². The molecule has 0 aromatic carbocycles. The van der Waals surface area contributed by atoms with Crippen LogP contribution >= 0.6 is 11.8 Å². The zero-order valence-corrected chi connectivity index (χ0v) is 12.9. The number of amides is 2. The van der Waals surface area contributed by atoms with Crippen LogP contribution in [0.15, 0.2) is 0 Å². The summed E-state index contributed by atoms with van der Waals surface area (Å²) in [4.78, 5) is 33.2. The number of nitrogens with one attached hydrogen (secondary N) is 2. The predicted octanol–water partition coefficient (Wildman–Crippen LogP) is 1.28. The lowest BCUT2D eigenvalue weighted by atomic mass is 9.88. The molecule has 1 saturated carbocycles. The minimum Gasteiger partial charge on any atom is -0.481 e. The quantitative estimate of drug-likeness (QED) is 0.562. The van der Waals surface area contributed by atoms with Gasteiger partial charge in [0.05, 0.1) is 6.42 Å². The van der Waals surface area contributed by atoms with Gasteiger partial charge in [-0.15, -0.1) is 0 Å². The summed E-state index contributed by atoms with van der Waals surface area (Å²) >= 11 is 1.72. The smallest absolute Gasteiger partial charge is 0.326 e. The number of hydrogen-bond donors (Lipinski definition) is 4. The maximum absolute atomic E-state index is 11.8. The van der Waals surface area contributed by atoms with Gasteiger partial charge in [-0.3, -0.25) is 4.79 Å². The van der Waals surface area contributed by atoms with Gasteiger partial charge < -0.3 is 20.8 Å². The third-order valence-corrected chi connectivity index (χ3v) is 5.17.